The molecule has 37 heavy (non-hydrogen) atoms. The maximum atomic E-state index is 12.1. The van der Waals surface area contributed by atoms with Crippen LogP contribution in [0, 0.1) is 0 Å². The number of hydrogen-bond donors (Lipinski definition) is 4. The first-order chi connectivity index (χ1) is 17.4. The zero-order valence-electron chi connectivity index (χ0n) is 20.9. The number of amides is 4. The van der Waals surface area contributed by atoms with Crippen molar-refractivity contribution in [2.24, 2.45) is 5.73 Å². The zero-order chi connectivity index (χ0) is 27.4. The highest BCUT2D eigenvalue weighted by molar-refractivity contribution is 7.13. The number of primary amides is 1. The first-order valence-electron chi connectivity index (χ1n) is 11.2. The van der Waals surface area contributed by atoms with Crippen LogP contribution in [0.5, 0.6) is 0 Å². The first-order valence-corrected chi connectivity index (χ1v) is 12.1. The summed E-state index contributed by atoms with van der Waals surface area (Å²) in [4.78, 5) is 50.7. The Morgan fingerprint density at radius 2 is 1.73 bits per heavy atom. The lowest BCUT2D eigenvalue weighted by molar-refractivity contribution is -0.114. The van der Waals surface area contributed by atoms with Gasteiger partial charge in [-0.05, 0) is 26.3 Å². The molecule has 0 aliphatic carbocycles. The summed E-state index contributed by atoms with van der Waals surface area (Å²) in [5.41, 5.74) is 6.03. The smallest absolute Gasteiger partial charge is 0.407 e. The van der Waals surface area contributed by atoms with Crippen LogP contribution in [-0.4, -0.2) is 61.0 Å². The molecule has 0 atom stereocenters. The number of rotatable bonds is 12. The number of alkyl carbamates (subject to hydrolysis) is 2. The molecule has 5 N–H and O–H groups in total. The van der Waals surface area contributed by atoms with Crippen molar-refractivity contribution in [2.75, 3.05) is 26.4 Å². The highest BCUT2D eigenvalue weighted by Crippen LogP contribution is 2.24. The molecule has 0 radical (unpaired) electrons. The molecule has 200 valence electrons. The molecule has 4 amide bonds. The van der Waals surface area contributed by atoms with Crippen molar-refractivity contribution in [3.63, 3.8) is 0 Å². The normalized spacial score (nSPS) is 10.8. The van der Waals surface area contributed by atoms with Gasteiger partial charge in [-0.15, -0.1) is 11.3 Å². The molecule has 0 aliphatic rings. The summed E-state index contributed by atoms with van der Waals surface area (Å²) >= 11 is 1.26. The van der Waals surface area contributed by atoms with Gasteiger partial charge in [-0.25, -0.2) is 14.6 Å². The van der Waals surface area contributed by atoms with Crippen LogP contribution < -0.4 is 21.7 Å². The highest BCUT2D eigenvalue weighted by atomic mass is 32.1. The van der Waals surface area contributed by atoms with Crippen LogP contribution in [0.2, 0.25) is 0 Å². The second-order valence-corrected chi connectivity index (χ2v) is 9.42. The van der Waals surface area contributed by atoms with Crippen molar-refractivity contribution >= 4 is 35.3 Å². The van der Waals surface area contributed by atoms with Crippen molar-refractivity contribution in [1.82, 2.24) is 20.9 Å². The molecule has 12 nitrogen and oxygen atoms in total. The highest BCUT2D eigenvalue weighted by Gasteiger charge is 2.16. The Labute approximate surface area is 218 Å². The van der Waals surface area contributed by atoms with Gasteiger partial charge in [0.15, 0.2) is 0 Å². The third-order valence-electron chi connectivity index (χ3n) is 4.31. The molecule has 2 rings (SSSR count). The van der Waals surface area contributed by atoms with Crippen LogP contribution in [0.4, 0.5) is 9.59 Å². The van der Waals surface area contributed by atoms with Crippen LogP contribution >= 0.6 is 11.3 Å². The Hall–Kier alpha value is -3.97. The molecule has 0 saturated carbocycles. The van der Waals surface area contributed by atoms with Crippen molar-refractivity contribution in [1.29, 1.82) is 0 Å². The SMILES string of the molecule is C=C(NC(=O)c1csc(-c2ccc(CNC(=O)OCCOCCNC(=O)OC(C)(C)C)cc2)n1)C(N)=O. The molecule has 13 heteroatoms. The van der Waals surface area contributed by atoms with Crippen LogP contribution in [0.3, 0.4) is 0 Å². The average molecular weight is 534 g/mol. The van der Waals surface area contributed by atoms with Crippen LogP contribution in [0.15, 0.2) is 41.9 Å². The molecule has 1 heterocycles. The van der Waals surface area contributed by atoms with E-state index in [9.17, 15) is 19.2 Å². The monoisotopic (exact) mass is 533 g/mol. The summed E-state index contributed by atoms with van der Waals surface area (Å²) in [6.45, 7) is 9.73. The molecular formula is C24H31N5O7S. The van der Waals surface area contributed by atoms with Crippen molar-refractivity contribution in [2.45, 2.75) is 32.9 Å². The molecular weight excluding hydrogens is 502 g/mol. The third-order valence-corrected chi connectivity index (χ3v) is 5.20. The van der Waals surface area contributed by atoms with E-state index in [-0.39, 0.29) is 44.3 Å². The minimum atomic E-state index is -0.824. The molecule has 0 saturated heterocycles. The molecule has 1 aromatic carbocycles. The number of ether oxygens (including phenoxy) is 3. The minimum absolute atomic E-state index is 0.0595. The van der Waals surface area contributed by atoms with Crippen LogP contribution in [0.1, 0.15) is 36.8 Å². The molecule has 1 aromatic heterocycles. The Kier molecular flexibility index (Phi) is 11.0. The maximum Gasteiger partial charge on any atom is 0.407 e. The lowest BCUT2D eigenvalue weighted by Crippen LogP contribution is -2.34. The van der Waals surface area contributed by atoms with E-state index in [1.165, 1.54) is 11.3 Å². The maximum absolute atomic E-state index is 12.1. The fourth-order valence-corrected chi connectivity index (χ4v) is 3.40. The molecule has 2 aromatic rings. The Morgan fingerprint density at radius 1 is 1.03 bits per heavy atom. The minimum Gasteiger partial charge on any atom is -0.447 e. The second-order valence-electron chi connectivity index (χ2n) is 8.56. The van der Waals surface area contributed by atoms with Gasteiger partial charge in [-0.1, -0.05) is 30.8 Å². The average Bonchev–Trinajstić information content (AvgIpc) is 3.32. The number of thiazole rings is 1. The van der Waals surface area contributed by atoms with Gasteiger partial charge in [0.05, 0.1) is 18.9 Å². The molecule has 0 unspecified atom stereocenters. The van der Waals surface area contributed by atoms with Gasteiger partial charge in [0, 0.05) is 24.0 Å². The number of carbonyl (C=O) groups is 4. The number of aromatic nitrogens is 1. The molecule has 0 fully saturated rings. The van der Waals surface area contributed by atoms with E-state index in [0.29, 0.717) is 5.01 Å². The van der Waals surface area contributed by atoms with Gasteiger partial charge >= 0.3 is 12.2 Å². The van der Waals surface area contributed by atoms with Gasteiger partial charge in [0.1, 0.15) is 22.9 Å². The molecule has 0 spiro atoms. The summed E-state index contributed by atoms with van der Waals surface area (Å²) in [7, 11) is 0. The third kappa shape index (κ3) is 11.1. The van der Waals surface area contributed by atoms with Gasteiger partial charge in [0.2, 0.25) is 0 Å². The first kappa shape index (κ1) is 29.3. The van der Waals surface area contributed by atoms with Crippen LogP contribution in [0.25, 0.3) is 10.6 Å². The quantitative estimate of drug-likeness (QED) is 0.238. The number of benzene rings is 1. The van der Waals surface area contributed by atoms with E-state index < -0.39 is 29.6 Å². The van der Waals surface area contributed by atoms with Crippen LogP contribution in [-0.2, 0) is 25.5 Å². The van der Waals surface area contributed by atoms with Crippen molar-refractivity contribution < 1.29 is 33.4 Å². The van der Waals surface area contributed by atoms with Gasteiger partial charge in [0.25, 0.3) is 11.8 Å². The second kappa shape index (κ2) is 13.9. The number of carbonyl (C=O) groups excluding carboxylic acids is 4. The van der Waals surface area contributed by atoms with Crippen molar-refractivity contribution in [3.8, 4) is 10.6 Å². The zero-order valence-corrected chi connectivity index (χ0v) is 21.7. The topological polar surface area (TPSA) is 171 Å². The summed E-state index contributed by atoms with van der Waals surface area (Å²) in [6, 6.07) is 7.24. The fraction of sp³-hybridized carbons (Fsp3) is 0.375. The summed E-state index contributed by atoms with van der Waals surface area (Å²) in [5, 5.41) is 9.66. The lowest BCUT2D eigenvalue weighted by Gasteiger charge is -2.19. The summed E-state index contributed by atoms with van der Waals surface area (Å²) < 4.78 is 15.4. The van der Waals surface area contributed by atoms with Gasteiger partial charge in [-0.3, -0.25) is 9.59 Å². The Morgan fingerprint density at radius 3 is 2.38 bits per heavy atom. The predicted octanol–water partition coefficient (Wildman–Crippen LogP) is 2.31. The van der Waals surface area contributed by atoms with E-state index in [2.05, 4.69) is 27.5 Å². The fourth-order valence-electron chi connectivity index (χ4n) is 2.60. The Balaban J connectivity index is 1.65. The molecule has 0 aliphatic heterocycles. The van der Waals surface area contributed by atoms with Crippen molar-refractivity contribution in [3.05, 3.63) is 53.2 Å². The number of nitrogens with zero attached hydrogens (tertiary/aromatic N) is 1. The van der Waals surface area contributed by atoms with E-state index in [1.807, 2.05) is 24.3 Å². The lowest BCUT2D eigenvalue weighted by atomic mass is 10.1. The van der Waals surface area contributed by atoms with Gasteiger partial charge in [-0.2, -0.15) is 0 Å². The predicted molar refractivity (Wildman–Crippen MR) is 137 cm³/mol. The number of nitrogens with two attached hydrogens (primary N) is 1. The number of nitrogens with one attached hydrogen (secondary N) is 3. The molecule has 0 bridgehead atoms. The van der Waals surface area contributed by atoms with E-state index in [0.717, 1.165) is 11.1 Å². The van der Waals surface area contributed by atoms with E-state index >= 15 is 0 Å². The van der Waals surface area contributed by atoms with E-state index in [4.69, 9.17) is 19.9 Å². The van der Waals surface area contributed by atoms with E-state index in [1.54, 1.807) is 26.2 Å². The standard InChI is InChI=1S/C24H31N5O7S/c1-15(19(25)30)28-20(31)18-14-37-21(29-18)17-7-5-16(6-8-17)13-27-22(32)35-12-11-34-10-9-26-23(33)36-24(2,3)4/h5-8,14H,1,9-13H2,2-4H3,(H2,25,30)(H,26,33)(H,27,32)(H,28,31). The largest absolute Gasteiger partial charge is 0.447 e. The summed E-state index contributed by atoms with van der Waals surface area (Å²) in [5.74, 6) is -1.40. The van der Waals surface area contributed by atoms with Gasteiger partial charge < -0.3 is 35.9 Å². The summed E-state index contributed by atoms with van der Waals surface area (Å²) in [6.07, 6.45) is -1.11. The number of hydrogen-bond acceptors (Lipinski definition) is 9. The Bertz CT molecular complexity index is 1110.